The summed E-state index contributed by atoms with van der Waals surface area (Å²) in [6.45, 7) is 4.84. The molecule has 0 bridgehead atoms. The number of carbonyl (C=O) groups is 1. The van der Waals surface area contributed by atoms with Gasteiger partial charge in [0, 0.05) is 11.6 Å². The molecule has 1 amide bonds. The van der Waals surface area contributed by atoms with Crippen molar-refractivity contribution in [2.45, 2.75) is 26.4 Å². The number of benzene rings is 2. The molecule has 0 aliphatic rings. The van der Waals surface area contributed by atoms with Gasteiger partial charge in [-0.2, -0.15) is 0 Å². The Morgan fingerprint density at radius 1 is 1.19 bits per heavy atom. The van der Waals surface area contributed by atoms with Gasteiger partial charge in [0.05, 0.1) is 5.69 Å². The molecule has 6 heteroatoms. The van der Waals surface area contributed by atoms with E-state index in [1.807, 2.05) is 25.1 Å². The SMILES string of the molecule is Cc1nc(COc2ccc(Cl)cc2)sc1C(=O)NCC(C)c1ccccc1. The molecule has 1 N–H and O–H groups in total. The summed E-state index contributed by atoms with van der Waals surface area (Å²) >= 11 is 7.23. The van der Waals surface area contributed by atoms with E-state index in [0.717, 1.165) is 16.5 Å². The maximum Gasteiger partial charge on any atom is 0.263 e. The van der Waals surface area contributed by atoms with E-state index in [1.54, 1.807) is 24.3 Å². The first-order valence-electron chi connectivity index (χ1n) is 8.70. The summed E-state index contributed by atoms with van der Waals surface area (Å²) in [7, 11) is 0. The number of amides is 1. The smallest absolute Gasteiger partial charge is 0.263 e. The topological polar surface area (TPSA) is 51.2 Å². The molecule has 0 radical (unpaired) electrons. The number of hydrogen-bond donors (Lipinski definition) is 1. The summed E-state index contributed by atoms with van der Waals surface area (Å²) in [5, 5.41) is 4.44. The zero-order valence-corrected chi connectivity index (χ0v) is 16.8. The fourth-order valence-electron chi connectivity index (χ4n) is 2.63. The first-order chi connectivity index (χ1) is 13.0. The Bertz CT molecular complexity index is 894. The van der Waals surface area contributed by atoms with Crippen LogP contribution in [0.5, 0.6) is 5.75 Å². The molecule has 4 nitrogen and oxygen atoms in total. The Morgan fingerprint density at radius 2 is 1.89 bits per heavy atom. The van der Waals surface area contributed by atoms with Crippen LogP contribution >= 0.6 is 22.9 Å². The standard InChI is InChI=1S/C21H21ClN2O2S/c1-14(16-6-4-3-5-7-16)12-23-21(25)20-15(2)24-19(27-20)13-26-18-10-8-17(22)9-11-18/h3-11,14H,12-13H2,1-2H3,(H,23,25). The maximum absolute atomic E-state index is 12.5. The number of halogens is 1. The molecule has 0 saturated carbocycles. The summed E-state index contributed by atoms with van der Waals surface area (Å²) in [6, 6.07) is 17.3. The van der Waals surface area contributed by atoms with Gasteiger partial charge in [0.15, 0.2) is 0 Å². The third-order valence-corrected chi connectivity index (χ3v) is 5.54. The van der Waals surface area contributed by atoms with Crippen LogP contribution in [0.2, 0.25) is 5.02 Å². The minimum absolute atomic E-state index is 0.0921. The van der Waals surface area contributed by atoms with Gasteiger partial charge < -0.3 is 10.1 Å². The summed E-state index contributed by atoms with van der Waals surface area (Å²) < 4.78 is 5.71. The molecule has 2 aromatic carbocycles. The summed E-state index contributed by atoms with van der Waals surface area (Å²) in [6.07, 6.45) is 0. The molecule has 1 unspecified atom stereocenters. The normalized spacial score (nSPS) is 11.8. The molecule has 0 saturated heterocycles. The van der Waals surface area contributed by atoms with Crippen molar-refractivity contribution in [2.24, 2.45) is 0 Å². The molecule has 3 aromatic rings. The van der Waals surface area contributed by atoms with E-state index >= 15 is 0 Å². The Hall–Kier alpha value is -2.37. The monoisotopic (exact) mass is 400 g/mol. The molecule has 0 spiro atoms. The first-order valence-corrected chi connectivity index (χ1v) is 9.90. The van der Waals surface area contributed by atoms with Crippen molar-refractivity contribution in [3.8, 4) is 5.75 Å². The van der Waals surface area contributed by atoms with Crippen molar-refractivity contribution in [1.82, 2.24) is 10.3 Å². The van der Waals surface area contributed by atoms with Crippen LogP contribution in [0.4, 0.5) is 0 Å². The highest BCUT2D eigenvalue weighted by Crippen LogP contribution is 2.22. The highest BCUT2D eigenvalue weighted by atomic mass is 35.5. The van der Waals surface area contributed by atoms with Crippen molar-refractivity contribution in [1.29, 1.82) is 0 Å². The van der Waals surface area contributed by atoms with Gasteiger partial charge in [-0.25, -0.2) is 4.98 Å². The number of thiazole rings is 1. The van der Waals surface area contributed by atoms with E-state index in [0.29, 0.717) is 23.1 Å². The van der Waals surface area contributed by atoms with Crippen LogP contribution in [0.15, 0.2) is 54.6 Å². The molecule has 3 rings (SSSR count). The number of hydrogen-bond acceptors (Lipinski definition) is 4. The van der Waals surface area contributed by atoms with Crippen LogP contribution < -0.4 is 10.1 Å². The van der Waals surface area contributed by atoms with Gasteiger partial charge >= 0.3 is 0 Å². The minimum Gasteiger partial charge on any atom is -0.486 e. The zero-order valence-electron chi connectivity index (χ0n) is 15.2. The Labute approximate surface area is 168 Å². The van der Waals surface area contributed by atoms with E-state index in [2.05, 4.69) is 29.4 Å². The Balaban J connectivity index is 1.56. The van der Waals surface area contributed by atoms with Crippen LogP contribution in [0, 0.1) is 6.92 Å². The largest absolute Gasteiger partial charge is 0.486 e. The molecular weight excluding hydrogens is 380 g/mol. The summed E-state index contributed by atoms with van der Waals surface area (Å²) in [5.41, 5.74) is 1.93. The number of rotatable bonds is 7. The lowest BCUT2D eigenvalue weighted by Crippen LogP contribution is -2.27. The number of nitrogens with one attached hydrogen (secondary N) is 1. The maximum atomic E-state index is 12.5. The van der Waals surface area contributed by atoms with Gasteiger partial charge in [-0.1, -0.05) is 48.9 Å². The van der Waals surface area contributed by atoms with E-state index in [1.165, 1.54) is 16.9 Å². The molecule has 1 heterocycles. The van der Waals surface area contributed by atoms with E-state index in [-0.39, 0.29) is 11.8 Å². The van der Waals surface area contributed by atoms with E-state index < -0.39 is 0 Å². The highest BCUT2D eigenvalue weighted by molar-refractivity contribution is 7.13. The van der Waals surface area contributed by atoms with Gasteiger partial charge in [0.25, 0.3) is 5.91 Å². The molecule has 140 valence electrons. The second-order valence-corrected chi connectivity index (χ2v) is 7.81. The Kier molecular flexibility index (Phi) is 6.48. The molecule has 1 aromatic heterocycles. The van der Waals surface area contributed by atoms with Gasteiger partial charge in [0.1, 0.15) is 22.2 Å². The lowest BCUT2D eigenvalue weighted by atomic mass is 10.0. The second kappa shape index (κ2) is 9.02. The summed E-state index contributed by atoms with van der Waals surface area (Å²) in [4.78, 5) is 17.6. The van der Waals surface area contributed by atoms with Crippen LogP contribution in [0.3, 0.4) is 0 Å². The number of nitrogens with zero attached hydrogens (tertiary/aromatic N) is 1. The van der Waals surface area contributed by atoms with Crippen molar-refractivity contribution in [2.75, 3.05) is 6.54 Å². The number of aryl methyl sites for hydroxylation is 1. The van der Waals surface area contributed by atoms with Crippen LogP contribution in [-0.4, -0.2) is 17.4 Å². The number of carbonyl (C=O) groups excluding carboxylic acids is 1. The predicted molar refractivity (Wildman–Crippen MR) is 110 cm³/mol. The average molecular weight is 401 g/mol. The predicted octanol–water partition coefficient (Wildman–Crippen LogP) is 5.22. The minimum atomic E-state index is -0.0921. The van der Waals surface area contributed by atoms with Crippen molar-refractivity contribution < 1.29 is 9.53 Å². The molecule has 27 heavy (non-hydrogen) atoms. The van der Waals surface area contributed by atoms with Gasteiger partial charge in [-0.3, -0.25) is 4.79 Å². The number of aromatic nitrogens is 1. The lowest BCUT2D eigenvalue weighted by Gasteiger charge is -2.12. The third kappa shape index (κ3) is 5.31. The highest BCUT2D eigenvalue weighted by Gasteiger charge is 2.16. The second-order valence-electron chi connectivity index (χ2n) is 6.29. The lowest BCUT2D eigenvalue weighted by molar-refractivity contribution is 0.0955. The molecule has 0 aliphatic carbocycles. The first kappa shape index (κ1) is 19.4. The Morgan fingerprint density at radius 3 is 2.59 bits per heavy atom. The van der Waals surface area contributed by atoms with E-state index in [9.17, 15) is 4.79 Å². The van der Waals surface area contributed by atoms with Crippen LogP contribution in [0.1, 0.15) is 38.8 Å². The van der Waals surface area contributed by atoms with Crippen molar-refractivity contribution in [3.63, 3.8) is 0 Å². The molecule has 0 fully saturated rings. The third-order valence-electron chi connectivity index (χ3n) is 4.16. The summed E-state index contributed by atoms with van der Waals surface area (Å²) in [5.74, 6) is 0.872. The van der Waals surface area contributed by atoms with Crippen LogP contribution in [0.25, 0.3) is 0 Å². The fourth-order valence-corrected chi connectivity index (χ4v) is 3.65. The van der Waals surface area contributed by atoms with E-state index in [4.69, 9.17) is 16.3 Å². The van der Waals surface area contributed by atoms with Crippen molar-refractivity contribution in [3.05, 3.63) is 80.8 Å². The fraction of sp³-hybridized carbons (Fsp3) is 0.238. The molecule has 0 aliphatic heterocycles. The average Bonchev–Trinajstić information content (AvgIpc) is 3.07. The van der Waals surface area contributed by atoms with Crippen molar-refractivity contribution >= 4 is 28.8 Å². The number of ether oxygens (including phenoxy) is 1. The van der Waals surface area contributed by atoms with Gasteiger partial charge in [0.2, 0.25) is 0 Å². The molecule has 1 atom stereocenters. The van der Waals surface area contributed by atoms with Crippen LogP contribution in [-0.2, 0) is 6.61 Å². The quantitative estimate of drug-likeness (QED) is 0.591. The molecular formula is C21H21ClN2O2S. The zero-order chi connectivity index (χ0) is 19.2. The van der Waals surface area contributed by atoms with Gasteiger partial charge in [-0.05, 0) is 42.7 Å². The van der Waals surface area contributed by atoms with Gasteiger partial charge in [-0.15, -0.1) is 11.3 Å².